The lowest BCUT2D eigenvalue weighted by atomic mass is 10.1. The molecule has 0 aromatic carbocycles. The van der Waals surface area contributed by atoms with Crippen molar-refractivity contribution < 1.29 is 8.42 Å². The summed E-state index contributed by atoms with van der Waals surface area (Å²) in [5, 5.41) is 0. The molecule has 0 aliphatic carbocycles. The zero-order chi connectivity index (χ0) is 12.6. The molecule has 0 amide bonds. The molecule has 0 aliphatic heterocycles. The first kappa shape index (κ1) is 15.9. The Morgan fingerprint density at radius 2 is 1.69 bits per heavy atom. The summed E-state index contributed by atoms with van der Waals surface area (Å²) in [6, 6.07) is 0.0251. The van der Waals surface area contributed by atoms with Gasteiger partial charge in [-0.25, -0.2) is 0 Å². The molecule has 0 saturated heterocycles. The van der Waals surface area contributed by atoms with E-state index in [9.17, 15) is 8.42 Å². The number of hydrogen-bond donors (Lipinski definition) is 1. The van der Waals surface area contributed by atoms with Gasteiger partial charge in [-0.3, -0.25) is 0 Å². The van der Waals surface area contributed by atoms with Gasteiger partial charge in [0, 0.05) is 19.1 Å². The fourth-order valence-electron chi connectivity index (χ4n) is 1.65. The molecule has 0 aliphatic rings. The minimum atomic E-state index is -3.28. The SMILES string of the molecule is CCCCCC(C)NS(=O)(=O)N(CC)CC. The highest BCUT2D eigenvalue weighted by Gasteiger charge is 2.20. The van der Waals surface area contributed by atoms with Crippen LogP contribution in [0.1, 0.15) is 53.4 Å². The van der Waals surface area contributed by atoms with Crippen LogP contribution < -0.4 is 4.72 Å². The minimum Gasteiger partial charge on any atom is -0.199 e. The molecule has 98 valence electrons. The molecule has 1 atom stereocenters. The van der Waals surface area contributed by atoms with Crippen LogP contribution in [0.5, 0.6) is 0 Å². The summed E-state index contributed by atoms with van der Waals surface area (Å²) in [6.07, 6.45) is 4.32. The number of nitrogens with zero attached hydrogens (tertiary/aromatic N) is 1. The summed E-state index contributed by atoms with van der Waals surface area (Å²) >= 11 is 0. The third-order valence-electron chi connectivity index (χ3n) is 2.64. The molecule has 0 rings (SSSR count). The minimum absolute atomic E-state index is 0.0251. The van der Waals surface area contributed by atoms with Crippen molar-refractivity contribution in [2.24, 2.45) is 0 Å². The van der Waals surface area contributed by atoms with Gasteiger partial charge in [0.25, 0.3) is 10.2 Å². The summed E-state index contributed by atoms with van der Waals surface area (Å²) in [4.78, 5) is 0. The van der Waals surface area contributed by atoms with Gasteiger partial charge in [-0.1, -0.05) is 40.0 Å². The number of hydrogen-bond acceptors (Lipinski definition) is 2. The Morgan fingerprint density at radius 3 is 2.12 bits per heavy atom. The lowest BCUT2D eigenvalue weighted by Crippen LogP contribution is -2.44. The van der Waals surface area contributed by atoms with Crippen LogP contribution in [0.4, 0.5) is 0 Å². The van der Waals surface area contributed by atoms with Crippen LogP contribution in [0.2, 0.25) is 0 Å². The first-order chi connectivity index (χ1) is 7.47. The highest BCUT2D eigenvalue weighted by molar-refractivity contribution is 7.87. The van der Waals surface area contributed by atoms with Gasteiger partial charge in [0.1, 0.15) is 0 Å². The molecule has 0 radical (unpaired) electrons. The van der Waals surface area contributed by atoms with Gasteiger partial charge in [0.2, 0.25) is 0 Å². The Kier molecular flexibility index (Phi) is 7.97. The summed E-state index contributed by atoms with van der Waals surface area (Å²) in [7, 11) is -3.28. The first-order valence-corrected chi connectivity index (χ1v) is 7.69. The third-order valence-corrected chi connectivity index (χ3v) is 4.53. The Bertz CT molecular complexity index is 261. The summed E-state index contributed by atoms with van der Waals surface area (Å²) in [5.74, 6) is 0. The molecule has 0 aromatic rings. The standard InChI is InChI=1S/C11H26N2O2S/c1-5-8-9-10-11(4)12-16(14,15)13(6-2)7-3/h11-12H,5-10H2,1-4H3. The second-order valence-electron chi connectivity index (χ2n) is 4.10. The van der Waals surface area contributed by atoms with E-state index in [-0.39, 0.29) is 6.04 Å². The molecule has 16 heavy (non-hydrogen) atoms. The van der Waals surface area contributed by atoms with E-state index in [0.717, 1.165) is 25.7 Å². The van der Waals surface area contributed by atoms with Gasteiger partial charge < -0.3 is 0 Å². The lowest BCUT2D eigenvalue weighted by molar-refractivity contribution is 0.422. The van der Waals surface area contributed by atoms with Crippen LogP contribution >= 0.6 is 0 Å². The van der Waals surface area contributed by atoms with Crippen molar-refractivity contribution in [1.82, 2.24) is 9.03 Å². The van der Waals surface area contributed by atoms with E-state index in [2.05, 4.69) is 11.6 Å². The summed E-state index contributed by atoms with van der Waals surface area (Å²) < 4.78 is 27.9. The number of unbranched alkanes of at least 4 members (excludes halogenated alkanes) is 2. The lowest BCUT2D eigenvalue weighted by Gasteiger charge is -2.22. The average Bonchev–Trinajstić information content (AvgIpc) is 2.18. The Labute approximate surface area is 101 Å². The van der Waals surface area contributed by atoms with Crippen LogP contribution in [0.15, 0.2) is 0 Å². The predicted molar refractivity (Wildman–Crippen MR) is 68.6 cm³/mol. The van der Waals surface area contributed by atoms with E-state index in [1.165, 1.54) is 4.31 Å². The fourth-order valence-corrected chi connectivity index (χ4v) is 3.11. The molecule has 0 aromatic heterocycles. The normalized spacial score (nSPS) is 14.3. The van der Waals surface area contributed by atoms with Crippen molar-refractivity contribution in [2.45, 2.75) is 59.4 Å². The van der Waals surface area contributed by atoms with Crippen molar-refractivity contribution in [1.29, 1.82) is 0 Å². The maximum Gasteiger partial charge on any atom is 0.279 e. The van der Waals surface area contributed by atoms with E-state index in [4.69, 9.17) is 0 Å². The highest BCUT2D eigenvalue weighted by Crippen LogP contribution is 2.05. The average molecular weight is 250 g/mol. The second-order valence-corrected chi connectivity index (χ2v) is 5.81. The quantitative estimate of drug-likeness (QED) is 0.637. The van der Waals surface area contributed by atoms with E-state index < -0.39 is 10.2 Å². The molecule has 5 heteroatoms. The topological polar surface area (TPSA) is 49.4 Å². The van der Waals surface area contributed by atoms with E-state index >= 15 is 0 Å². The molecule has 0 saturated carbocycles. The monoisotopic (exact) mass is 250 g/mol. The predicted octanol–water partition coefficient (Wildman–Crippen LogP) is 2.13. The fraction of sp³-hybridized carbons (Fsp3) is 1.00. The van der Waals surface area contributed by atoms with Gasteiger partial charge in [-0.2, -0.15) is 17.4 Å². The Morgan fingerprint density at radius 1 is 1.12 bits per heavy atom. The molecule has 0 fully saturated rings. The Balaban J connectivity index is 4.14. The van der Waals surface area contributed by atoms with E-state index in [1.807, 2.05) is 20.8 Å². The molecule has 1 N–H and O–H groups in total. The third kappa shape index (κ3) is 5.82. The van der Waals surface area contributed by atoms with Crippen LogP contribution in [-0.4, -0.2) is 31.9 Å². The molecule has 0 heterocycles. The number of rotatable bonds is 9. The maximum atomic E-state index is 11.9. The number of nitrogens with one attached hydrogen (secondary N) is 1. The van der Waals surface area contributed by atoms with Crippen molar-refractivity contribution in [3.05, 3.63) is 0 Å². The van der Waals surface area contributed by atoms with Crippen molar-refractivity contribution >= 4 is 10.2 Å². The second kappa shape index (κ2) is 8.03. The zero-order valence-corrected chi connectivity index (χ0v) is 11.8. The van der Waals surface area contributed by atoms with Gasteiger partial charge in [0.05, 0.1) is 0 Å². The Hall–Kier alpha value is -0.130. The van der Waals surface area contributed by atoms with Gasteiger partial charge in [-0.15, -0.1) is 0 Å². The summed E-state index contributed by atoms with van der Waals surface area (Å²) in [5.41, 5.74) is 0. The van der Waals surface area contributed by atoms with Crippen molar-refractivity contribution in [3.8, 4) is 0 Å². The van der Waals surface area contributed by atoms with Crippen molar-refractivity contribution in [2.75, 3.05) is 13.1 Å². The first-order valence-electron chi connectivity index (χ1n) is 6.25. The van der Waals surface area contributed by atoms with E-state index in [1.54, 1.807) is 0 Å². The van der Waals surface area contributed by atoms with Gasteiger partial charge in [-0.05, 0) is 13.3 Å². The van der Waals surface area contributed by atoms with Crippen molar-refractivity contribution in [3.63, 3.8) is 0 Å². The van der Waals surface area contributed by atoms with Crippen LogP contribution in [0.25, 0.3) is 0 Å². The zero-order valence-electron chi connectivity index (χ0n) is 11.0. The van der Waals surface area contributed by atoms with E-state index in [0.29, 0.717) is 13.1 Å². The molecule has 0 spiro atoms. The molecule has 0 bridgehead atoms. The smallest absolute Gasteiger partial charge is 0.199 e. The highest BCUT2D eigenvalue weighted by atomic mass is 32.2. The maximum absolute atomic E-state index is 11.9. The molecule has 4 nitrogen and oxygen atoms in total. The van der Waals surface area contributed by atoms with Crippen LogP contribution in [0.3, 0.4) is 0 Å². The van der Waals surface area contributed by atoms with Crippen LogP contribution in [0, 0.1) is 0 Å². The molecular formula is C11H26N2O2S. The van der Waals surface area contributed by atoms with Gasteiger partial charge >= 0.3 is 0 Å². The largest absolute Gasteiger partial charge is 0.279 e. The van der Waals surface area contributed by atoms with Gasteiger partial charge in [0.15, 0.2) is 0 Å². The van der Waals surface area contributed by atoms with Crippen LogP contribution in [-0.2, 0) is 10.2 Å². The molecular weight excluding hydrogens is 224 g/mol. The summed E-state index contributed by atoms with van der Waals surface area (Å²) in [6.45, 7) is 8.82. The molecule has 1 unspecified atom stereocenters.